The molecule has 1 saturated heterocycles. The molecule has 0 saturated carbocycles. The molecule has 28 heavy (non-hydrogen) atoms. The van der Waals surface area contributed by atoms with Gasteiger partial charge in [-0.25, -0.2) is 0 Å². The van der Waals surface area contributed by atoms with Crippen LogP contribution in [0.3, 0.4) is 0 Å². The number of rotatable bonds is 0. The van der Waals surface area contributed by atoms with Gasteiger partial charge in [0.15, 0.2) is 0 Å². The van der Waals surface area contributed by atoms with Crippen molar-refractivity contribution < 1.29 is 74.8 Å². The van der Waals surface area contributed by atoms with Gasteiger partial charge in [-0.2, -0.15) is 28.0 Å². The molecule has 0 aromatic rings. The fourth-order valence-electron chi connectivity index (χ4n) is 2.16. The van der Waals surface area contributed by atoms with Gasteiger partial charge < -0.3 is 20.0 Å². The normalized spacial score (nSPS) is 19.8. The molecular formula is C13H32Cl2CuN4O8. The van der Waals surface area contributed by atoms with Crippen molar-refractivity contribution in [2.45, 2.75) is 12.8 Å². The van der Waals surface area contributed by atoms with Crippen LogP contribution < -0.4 is 33.3 Å². The van der Waals surface area contributed by atoms with Crippen molar-refractivity contribution in [1.29, 1.82) is 0 Å². The van der Waals surface area contributed by atoms with E-state index in [9.17, 15) is 0 Å². The molecule has 1 heterocycles. The van der Waals surface area contributed by atoms with Crippen molar-refractivity contribution in [2.75, 3.05) is 73.5 Å². The molecule has 3 N–H and O–H groups in total. The third-order valence-electron chi connectivity index (χ3n) is 3.51. The van der Waals surface area contributed by atoms with Crippen LogP contribution in [0.5, 0.6) is 0 Å². The fraction of sp³-hybridized carbons (Fsp3) is 1.00. The summed E-state index contributed by atoms with van der Waals surface area (Å²) in [7, 11) is -2.70. The van der Waals surface area contributed by atoms with Crippen molar-refractivity contribution in [1.82, 2.24) is 20.0 Å². The van der Waals surface area contributed by atoms with Gasteiger partial charge in [-0.15, -0.1) is 0 Å². The minimum atomic E-state index is -4.69. The molecule has 0 amide bonds. The molecule has 0 aromatic heterocycles. The topological polar surface area (TPSA) is 201 Å². The smallest absolute Gasteiger partial charge is 0.0777 e. The molecule has 1 radical (unpaired) electrons. The van der Waals surface area contributed by atoms with E-state index in [1.807, 2.05) is 0 Å². The Morgan fingerprint density at radius 2 is 0.929 bits per heavy atom. The Balaban J connectivity index is -0.000000473. The molecule has 1 aliphatic heterocycles. The number of nitrogens with zero attached hydrogens (tertiary/aromatic N) is 3. The molecule has 0 spiro atoms. The average molecular weight is 507 g/mol. The second-order valence-corrected chi connectivity index (χ2v) is 7.74. The molecular weight excluding hydrogens is 475 g/mol. The Kier molecular flexibility index (Phi) is 21.9. The van der Waals surface area contributed by atoms with Crippen molar-refractivity contribution >= 4 is 0 Å². The van der Waals surface area contributed by atoms with Crippen LogP contribution in [-0.2, 0) is 17.1 Å². The SMILES string of the molecule is CN1CCCN(C)CCN(C)CCCNCC1.[Cu].[O-][Cl+3]([O-])([O-])O.[O-][Cl+3]([O-])([O-])O. The van der Waals surface area contributed by atoms with Crippen molar-refractivity contribution in [3.63, 3.8) is 0 Å². The molecule has 0 atom stereocenters. The number of hydrogen-bond acceptors (Lipinski definition) is 12. The number of halogens is 2. The maximum absolute atomic E-state index is 8.60. The molecule has 15 heteroatoms. The molecule has 1 aliphatic rings. The summed E-state index contributed by atoms with van der Waals surface area (Å²) in [5.74, 6) is 0. The first-order valence-corrected chi connectivity index (χ1v) is 10.7. The predicted octanol–water partition coefficient (Wildman–Crippen LogP) is -8.09. The zero-order valence-corrected chi connectivity index (χ0v) is 18.8. The first kappa shape index (κ1) is 33.3. The summed E-state index contributed by atoms with van der Waals surface area (Å²) in [4.78, 5) is 7.32. The monoisotopic (exact) mass is 505 g/mol. The maximum Gasteiger partial charge on any atom is 0.0777 e. The van der Waals surface area contributed by atoms with Crippen LogP contribution >= 0.6 is 0 Å². The van der Waals surface area contributed by atoms with E-state index in [0.717, 1.165) is 13.1 Å². The van der Waals surface area contributed by atoms with Gasteiger partial charge in [0.2, 0.25) is 0 Å². The van der Waals surface area contributed by atoms with E-state index < -0.39 is 20.5 Å². The van der Waals surface area contributed by atoms with Crippen molar-refractivity contribution in [3.05, 3.63) is 0 Å². The number of nitrogens with one attached hydrogen (secondary N) is 1. The standard InChI is InChI=1S/C13H30N4.2ClHO4.Cu/c1-15-9-5-10-17(3)13-12-16(2)8-4-6-14-7-11-15;2*2-1(3,4)5;/h14H,4-13H2,1-3H3;2*(H,2,3,4,5);. The summed E-state index contributed by atoms with van der Waals surface area (Å²) in [6, 6.07) is 0. The molecule has 0 aliphatic carbocycles. The Bertz CT molecular complexity index is 329. The Morgan fingerprint density at radius 1 is 0.607 bits per heavy atom. The number of hydrogen-bond donors (Lipinski definition) is 3. The van der Waals surface area contributed by atoms with E-state index in [0.29, 0.717) is 0 Å². The molecule has 12 nitrogen and oxygen atoms in total. The van der Waals surface area contributed by atoms with Gasteiger partial charge in [0.1, 0.15) is 0 Å². The van der Waals surface area contributed by atoms with E-state index in [2.05, 4.69) is 41.2 Å². The second-order valence-electron chi connectivity index (χ2n) is 6.16. The van der Waals surface area contributed by atoms with Crippen LogP contribution in [0.2, 0.25) is 0 Å². The fourth-order valence-corrected chi connectivity index (χ4v) is 2.16. The zero-order valence-electron chi connectivity index (χ0n) is 16.3. The molecule has 1 fully saturated rings. The van der Waals surface area contributed by atoms with E-state index in [-0.39, 0.29) is 17.1 Å². The van der Waals surface area contributed by atoms with Gasteiger partial charge >= 0.3 is 0 Å². The van der Waals surface area contributed by atoms with Crippen LogP contribution in [0.15, 0.2) is 0 Å². The summed E-state index contributed by atoms with van der Waals surface area (Å²) in [5.41, 5.74) is 0. The van der Waals surface area contributed by atoms with Gasteiger partial charge in [-0.3, -0.25) is 0 Å². The van der Waals surface area contributed by atoms with Gasteiger partial charge in [-0.05, 0) is 60.2 Å². The first-order valence-electron chi connectivity index (χ1n) is 8.21. The van der Waals surface area contributed by atoms with Crippen molar-refractivity contribution in [3.8, 4) is 0 Å². The van der Waals surface area contributed by atoms with E-state index in [1.54, 1.807) is 0 Å². The summed E-state index contributed by atoms with van der Waals surface area (Å²) >= 11 is 0. The van der Waals surface area contributed by atoms with Crippen LogP contribution in [-0.4, -0.2) is 97.5 Å². The Labute approximate surface area is 181 Å². The van der Waals surface area contributed by atoms with Gasteiger partial charge in [0.25, 0.3) is 0 Å². The predicted molar refractivity (Wildman–Crippen MR) is 79.0 cm³/mol. The van der Waals surface area contributed by atoms with E-state index >= 15 is 0 Å². The summed E-state index contributed by atoms with van der Waals surface area (Å²) in [5, 5.41) is 3.52. The van der Waals surface area contributed by atoms with E-state index in [4.69, 9.17) is 37.3 Å². The largest absolute Gasteiger partial charge is 0.315 e. The molecule has 0 unspecified atom stereocenters. The van der Waals surface area contributed by atoms with Crippen LogP contribution in [0.4, 0.5) is 0 Å². The third-order valence-corrected chi connectivity index (χ3v) is 3.51. The van der Waals surface area contributed by atoms with Crippen LogP contribution in [0.25, 0.3) is 0 Å². The van der Waals surface area contributed by atoms with Gasteiger partial charge in [0, 0.05) is 43.2 Å². The van der Waals surface area contributed by atoms with Gasteiger partial charge in [-0.1, -0.05) is 0 Å². The summed E-state index contributed by atoms with van der Waals surface area (Å²) in [6.45, 7) is 9.44. The third kappa shape index (κ3) is 41.1. The van der Waals surface area contributed by atoms with Crippen LogP contribution in [0.1, 0.15) is 12.8 Å². The minimum absolute atomic E-state index is 0. The average Bonchev–Trinajstić information content (AvgIpc) is 2.44. The van der Waals surface area contributed by atoms with Gasteiger partial charge in [0.05, 0.1) is 29.8 Å². The summed E-state index contributed by atoms with van der Waals surface area (Å²) < 4.78 is 65.4. The molecule has 1 rings (SSSR count). The molecule has 0 bridgehead atoms. The minimum Gasteiger partial charge on any atom is -0.315 e. The summed E-state index contributed by atoms with van der Waals surface area (Å²) in [6.07, 6.45) is 2.53. The number of likely N-dealkylation sites (N-methyl/N-ethyl adjacent to an activating group) is 3. The molecule has 177 valence electrons. The quantitative estimate of drug-likeness (QED) is 0.262. The maximum atomic E-state index is 8.60. The second kappa shape index (κ2) is 18.4. The first-order chi connectivity index (χ1) is 12.2. The molecule has 0 aromatic carbocycles. The Morgan fingerprint density at radius 3 is 1.32 bits per heavy atom. The zero-order chi connectivity index (χ0) is 21.5. The van der Waals surface area contributed by atoms with Crippen molar-refractivity contribution in [2.24, 2.45) is 0 Å². The Hall–Kier alpha value is 0.619. The van der Waals surface area contributed by atoms with Crippen LogP contribution in [0, 0.1) is 20.5 Å². The van der Waals surface area contributed by atoms with E-state index in [1.165, 1.54) is 52.1 Å².